The average Bonchev–Trinajstić information content (AvgIpc) is 3.10. The van der Waals surface area contributed by atoms with Crippen molar-refractivity contribution in [2.24, 2.45) is 0 Å². The van der Waals surface area contributed by atoms with Gasteiger partial charge in [0.25, 0.3) is 0 Å². The van der Waals surface area contributed by atoms with E-state index < -0.39 is 23.2 Å². The van der Waals surface area contributed by atoms with Crippen molar-refractivity contribution in [1.29, 1.82) is 0 Å². The van der Waals surface area contributed by atoms with Crippen LogP contribution < -0.4 is 0 Å². The Morgan fingerprint density at radius 1 is 1.00 bits per heavy atom. The summed E-state index contributed by atoms with van der Waals surface area (Å²) in [6, 6.07) is 7.45. The second kappa shape index (κ2) is 7.78. The molecule has 1 saturated carbocycles. The molecular formula is C17H20BF7S. The van der Waals surface area contributed by atoms with Crippen LogP contribution in [-0.4, -0.2) is 7.25 Å². The highest BCUT2D eigenvalue weighted by Gasteiger charge is 2.49. The van der Waals surface area contributed by atoms with E-state index in [2.05, 4.69) is 0 Å². The molecule has 0 saturated heterocycles. The summed E-state index contributed by atoms with van der Waals surface area (Å²) in [5.74, 6) is 0.384. The number of rotatable bonds is 2. The molecule has 26 heavy (non-hydrogen) atoms. The smallest absolute Gasteiger partial charge is 0.418 e. The molecule has 2 aromatic rings. The van der Waals surface area contributed by atoms with E-state index in [0.717, 1.165) is 36.6 Å². The second-order valence-corrected chi connectivity index (χ2v) is 8.71. The van der Waals surface area contributed by atoms with E-state index in [1.54, 1.807) is 6.07 Å². The Morgan fingerprint density at radius 2 is 1.54 bits per heavy atom. The van der Waals surface area contributed by atoms with Crippen LogP contribution in [0.3, 0.4) is 0 Å². The van der Waals surface area contributed by atoms with Crippen molar-refractivity contribution >= 4 is 27.8 Å². The van der Waals surface area contributed by atoms with Crippen LogP contribution in [0.15, 0.2) is 24.3 Å². The first-order chi connectivity index (χ1) is 11.9. The first-order valence-corrected chi connectivity index (χ1v) is 9.64. The highest BCUT2D eigenvalue weighted by molar-refractivity contribution is 7.38. The Kier molecular flexibility index (Phi) is 6.30. The van der Waals surface area contributed by atoms with Crippen LogP contribution in [0.5, 0.6) is 0 Å². The lowest BCUT2D eigenvalue weighted by Gasteiger charge is -2.06. The Hall–Kier alpha value is -1.25. The minimum Gasteiger partial charge on any atom is -0.418 e. The van der Waals surface area contributed by atoms with Gasteiger partial charge < -0.3 is 17.3 Å². The van der Waals surface area contributed by atoms with Gasteiger partial charge in [0.1, 0.15) is 0 Å². The van der Waals surface area contributed by atoms with Gasteiger partial charge in [-0.2, -0.15) is 0 Å². The zero-order valence-electron chi connectivity index (χ0n) is 14.4. The molecule has 0 radical (unpaired) electrons. The van der Waals surface area contributed by atoms with Gasteiger partial charge in [0, 0.05) is 23.4 Å². The summed E-state index contributed by atoms with van der Waals surface area (Å²) in [6.45, 7) is 4.04. The third-order valence-corrected chi connectivity index (χ3v) is 6.63. The summed E-state index contributed by atoms with van der Waals surface area (Å²) in [5.41, 5.74) is -3.16. The Morgan fingerprint density at radius 3 is 2.00 bits per heavy atom. The molecule has 0 N–H and O–H groups in total. The lowest BCUT2D eigenvalue weighted by molar-refractivity contribution is -0.0868. The molecule has 1 aromatic heterocycles. The van der Waals surface area contributed by atoms with Crippen molar-refractivity contribution < 1.29 is 30.4 Å². The van der Waals surface area contributed by atoms with Crippen LogP contribution in [-0.2, 0) is 5.51 Å². The van der Waals surface area contributed by atoms with Crippen LogP contribution in [0, 0.1) is 0 Å². The largest absolute Gasteiger partial charge is 0.673 e. The van der Waals surface area contributed by atoms with Crippen LogP contribution in [0.2, 0.25) is 0 Å². The zero-order chi connectivity index (χ0) is 19.7. The van der Waals surface area contributed by atoms with Crippen molar-refractivity contribution in [3.8, 4) is 0 Å². The van der Waals surface area contributed by atoms with Gasteiger partial charge in [-0.25, -0.2) is 0 Å². The van der Waals surface area contributed by atoms with E-state index >= 15 is 0 Å². The number of hydrogen-bond acceptors (Lipinski definition) is 0. The van der Waals surface area contributed by atoms with Crippen molar-refractivity contribution in [3.05, 3.63) is 34.7 Å². The predicted molar refractivity (Wildman–Crippen MR) is 93.2 cm³/mol. The first-order valence-electron chi connectivity index (χ1n) is 8.42. The van der Waals surface area contributed by atoms with Gasteiger partial charge in [-0.05, 0) is 30.4 Å². The predicted octanol–water partition coefficient (Wildman–Crippen LogP) is 8.15. The van der Waals surface area contributed by atoms with Crippen LogP contribution in [0.1, 0.15) is 61.8 Å². The zero-order valence-corrected chi connectivity index (χ0v) is 15.2. The maximum Gasteiger partial charge on any atom is 0.673 e. The van der Waals surface area contributed by atoms with Gasteiger partial charge in [0.15, 0.2) is 9.58 Å². The molecule has 0 amide bonds. The summed E-state index contributed by atoms with van der Waals surface area (Å²) < 4.78 is 80.4. The summed E-state index contributed by atoms with van der Waals surface area (Å²) in [5, 5.41) is 0.780. The summed E-state index contributed by atoms with van der Waals surface area (Å²) >= 11 is 0. The molecule has 1 aromatic carbocycles. The second-order valence-electron chi connectivity index (χ2n) is 6.73. The molecule has 0 aliphatic heterocycles. The standard InChI is InChI=1S/C17H20F3S.BF4/c1-11(2)13-7-8-14-10-15(12-5-3-4-6-12)21(16(14)9-13)17(18,19)20;2-1(3,4)5/h7-12H,3-6H2,1-2H3;/q+1;-1. The SMILES string of the molecule is CC(C)c1ccc2cc(C3CCCC3)[s+](C(F)(F)F)c2c1.F[B-](F)(F)F. The van der Waals surface area contributed by atoms with Gasteiger partial charge in [0.05, 0.1) is 10.5 Å². The van der Waals surface area contributed by atoms with Gasteiger partial charge in [-0.15, -0.1) is 13.2 Å². The van der Waals surface area contributed by atoms with Gasteiger partial charge >= 0.3 is 12.8 Å². The molecule has 1 aliphatic rings. The fourth-order valence-corrected chi connectivity index (χ4v) is 5.50. The third-order valence-electron chi connectivity index (χ3n) is 4.45. The van der Waals surface area contributed by atoms with Crippen molar-refractivity contribution in [3.63, 3.8) is 0 Å². The number of halogens is 7. The minimum absolute atomic E-state index is 0.129. The quantitative estimate of drug-likeness (QED) is 0.271. The van der Waals surface area contributed by atoms with Gasteiger partial charge in [0.2, 0.25) is 0 Å². The van der Waals surface area contributed by atoms with Crippen LogP contribution in [0.4, 0.5) is 30.4 Å². The summed E-state index contributed by atoms with van der Waals surface area (Å²) in [7, 11) is -7.71. The number of hydrogen-bond donors (Lipinski definition) is 0. The molecule has 1 aliphatic carbocycles. The van der Waals surface area contributed by atoms with E-state index in [0.29, 0.717) is 9.58 Å². The molecule has 1 fully saturated rings. The Bertz CT molecular complexity index is 734. The van der Waals surface area contributed by atoms with Gasteiger partial charge in [-0.3, -0.25) is 0 Å². The number of benzene rings is 1. The summed E-state index contributed by atoms with van der Waals surface area (Å²) in [6.07, 6.45) is 3.95. The maximum atomic E-state index is 13.6. The molecule has 0 bridgehead atoms. The molecule has 3 rings (SSSR count). The van der Waals surface area contributed by atoms with E-state index in [1.807, 2.05) is 32.0 Å². The fourth-order valence-electron chi connectivity index (χ4n) is 3.30. The highest BCUT2D eigenvalue weighted by Crippen LogP contribution is 2.55. The molecule has 1 unspecified atom stereocenters. The first kappa shape index (κ1) is 21.1. The monoisotopic (exact) mass is 400 g/mol. The number of alkyl halides is 3. The maximum absolute atomic E-state index is 13.6. The Labute approximate surface area is 150 Å². The molecule has 9 heteroatoms. The van der Waals surface area contributed by atoms with E-state index in [1.165, 1.54) is 0 Å². The number of fused-ring (bicyclic) bond motifs is 1. The Balaban J connectivity index is 0.000000431. The topological polar surface area (TPSA) is 0 Å². The van der Waals surface area contributed by atoms with E-state index in [-0.39, 0.29) is 11.8 Å². The number of thiophene rings is 1. The third kappa shape index (κ3) is 5.38. The normalized spacial score (nSPS) is 16.9. The average molecular weight is 400 g/mol. The van der Waals surface area contributed by atoms with Crippen molar-refractivity contribution in [2.45, 2.75) is 56.9 Å². The highest BCUT2D eigenvalue weighted by atomic mass is 32.2. The molecule has 0 spiro atoms. The van der Waals surface area contributed by atoms with E-state index in [9.17, 15) is 30.4 Å². The molecule has 1 atom stereocenters. The van der Waals surface area contributed by atoms with Gasteiger partial charge in [-0.1, -0.05) is 32.8 Å². The lowest BCUT2D eigenvalue weighted by Crippen LogP contribution is -2.02. The molecular weight excluding hydrogens is 380 g/mol. The fraction of sp³-hybridized carbons (Fsp3) is 0.529. The molecule has 146 valence electrons. The van der Waals surface area contributed by atoms with Crippen LogP contribution >= 0.6 is 10.5 Å². The van der Waals surface area contributed by atoms with Crippen molar-refractivity contribution in [1.82, 2.24) is 0 Å². The van der Waals surface area contributed by atoms with Crippen LogP contribution in [0.25, 0.3) is 10.1 Å². The molecule has 1 heterocycles. The summed E-state index contributed by atoms with van der Waals surface area (Å²) in [4.78, 5) is 0.635. The minimum atomic E-state index is -6.00. The van der Waals surface area contributed by atoms with Crippen molar-refractivity contribution in [2.75, 3.05) is 0 Å². The molecule has 0 nitrogen and oxygen atoms in total. The lowest BCUT2D eigenvalue weighted by atomic mass is 10.0. The van der Waals surface area contributed by atoms with E-state index in [4.69, 9.17) is 0 Å².